The van der Waals surface area contributed by atoms with Crippen LogP contribution in [0.4, 0.5) is 0 Å². The third-order valence-corrected chi connectivity index (χ3v) is 6.87. The highest BCUT2D eigenvalue weighted by atomic mass is 16.3. The number of rotatable bonds is 10. The highest BCUT2D eigenvalue weighted by Gasteiger charge is 2.43. The molecule has 25 heavy (non-hydrogen) atoms. The van der Waals surface area contributed by atoms with Crippen LogP contribution in [0.5, 0.6) is 0 Å². The van der Waals surface area contributed by atoms with E-state index in [2.05, 4.69) is 55.4 Å². The summed E-state index contributed by atoms with van der Waals surface area (Å²) in [5, 5.41) is 9.13. The normalized spacial score (nSPS) is 21.5. The first-order valence-electron chi connectivity index (χ1n) is 10.9. The Morgan fingerprint density at radius 3 is 1.72 bits per heavy atom. The zero-order valence-corrected chi connectivity index (χ0v) is 18.8. The van der Waals surface area contributed by atoms with Gasteiger partial charge in [-0.15, -0.1) is 0 Å². The van der Waals surface area contributed by atoms with Gasteiger partial charge in [-0.2, -0.15) is 0 Å². The third-order valence-electron chi connectivity index (χ3n) is 6.87. The minimum Gasteiger partial charge on any atom is -0.396 e. The molecular formula is C24H48O. The lowest BCUT2D eigenvalue weighted by atomic mass is 9.55. The molecule has 1 nitrogen and oxygen atoms in total. The monoisotopic (exact) mass is 352 g/mol. The molecule has 0 bridgehead atoms. The van der Waals surface area contributed by atoms with Gasteiger partial charge in [0.2, 0.25) is 0 Å². The fraction of sp³-hybridized carbons (Fsp3) is 1.00. The molecule has 1 rings (SSSR count). The smallest absolute Gasteiger partial charge is 0.0436 e. The number of aliphatic hydroxyl groups excluding tert-OH is 1. The molecule has 0 aromatic heterocycles. The van der Waals surface area contributed by atoms with E-state index in [4.69, 9.17) is 5.11 Å². The Balaban J connectivity index is 2.36. The Morgan fingerprint density at radius 2 is 1.24 bits per heavy atom. The molecule has 0 heterocycles. The lowest BCUT2D eigenvalue weighted by Gasteiger charge is -2.50. The molecule has 1 N–H and O–H groups in total. The summed E-state index contributed by atoms with van der Waals surface area (Å²) in [6.45, 7) is 19.9. The molecule has 0 aromatic rings. The van der Waals surface area contributed by atoms with Crippen LogP contribution in [0, 0.1) is 27.6 Å². The Labute approximate surface area is 159 Å². The molecule has 0 amide bonds. The lowest BCUT2D eigenvalue weighted by Crippen LogP contribution is -2.40. The molecule has 0 atom stereocenters. The summed E-state index contributed by atoms with van der Waals surface area (Å²) < 4.78 is 0. The van der Waals surface area contributed by atoms with Crippen LogP contribution in [-0.2, 0) is 0 Å². The molecular weight excluding hydrogens is 304 g/mol. The SMILES string of the molecule is CC(C)(CCO)CCCCCCC(C)(C)C1CC(C)(C)CC(C)(C)C1. The van der Waals surface area contributed by atoms with E-state index in [9.17, 15) is 0 Å². The van der Waals surface area contributed by atoms with E-state index < -0.39 is 0 Å². The molecule has 150 valence electrons. The van der Waals surface area contributed by atoms with Crippen molar-refractivity contribution in [2.45, 2.75) is 120 Å². The van der Waals surface area contributed by atoms with Gasteiger partial charge in [0.25, 0.3) is 0 Å². The summed E-state index contributed by atoms with van der Waals surface area (Å²) in [7, 11) is 0. The number of aliphatic hydroxyl groups is 1. The molecule has 0 aromatic carbocycles. The Hall–Kier alpha value is -0.0400. The van der Waals surface area contributed by atoms with E-state index in [0.29, 0.717) is 28.3 Å². The van der Waals surface area contributed by atoms with Gasteiger partial charge in [-0.25, -0.2) is 0 Å². The second-order valence-electron chi connectivity index (χ2n) is 12.2. The van der Waals surface area contributed by atoms with Crippen molar-refractivity contribution in [2.75, 3.05) is 6.61 Å². The van der Waals surface area contributed by atoms with E-state index >= 15 is 0 Å². The average Bonchev–Trinajstić information content (AvgIpc) is 2.39. The van der Waals surface area contributed by atoms with Crippen LogP contribution >= 0.6 is 0 Å². The van der Waals surface area contributed by atoms with Gasteiger partial charge in [-0.1, -0.05) is 81.1 Å². The first-order chi connectivity index (χ1) is 11.3. The molecule has 1 aliphatic carbocycles. The first-order valence-corrected chi connectivity index (χ1v) is 10.9. The summed E-state index contributed by atoms with van der Waals surface area (Å²) in [6.07, 6.45) is 13.2. The van der Waals surface area contributed by atoms with E-state index in [1.165, 1.54) is 57.8 Å². The second-order valence-corrected chi connectivity index (χ2v) is 12.2. The van der Waals surface area contributed by atoms with E-state index in [-0.39, 0.29) is 0 Å². The van der Waals surface area contributed by atoms with Gasteiger partial charge in [-0.05, 0) is 66.1 Å². The quantitative estimate of drug-likeness (QED) is 0.401. The molecule has 0 saturated heterocycles. The zero-order chi connectivity index (χ0) is 19.4. The Bertz CT molecular complexity index is 373. The molecule has 1 heteroatoms. The van der Waals surface area contributed by atoms with E-state index in [1.54, 1.807) is 0 Å². The zero-order valence-electron chi connectivity index (χ0n) is 18.8. The summed E-state index contributed by atoms with van der Waals surface area (Å²) in [5.74, 6) is 0.870. The van der Waals surface area contributed by atoms with Gasteiger partial charge in [0, 0.05) is 6.61 Å². The van der Waals surface area contributed by atoms with Gasteiger partial charge in [-0.3, -0.25) is 0 Å². The molecule has 1 fully saturated rings. The van der Waals surface area contributed by atoms with Gasteiger partial charge in [0.1, 0.15) is 0 Å². The number of hydrogen-bond donors (Lipinski definition) is 1. The van der Waals surface area contributed by atoms with Crippen LogP contribution in [-0.4, -0.2) is 11.7 Å². The Kier molecular flexibility index (Phi) is 8.06. The number of unbranched alkanes of at least 4 members (excludes halogenated alkanes) is 3. The second kappa shape index (κ2) is 8.77. The van der Waals surface area contributed by atoms with E-state index in [1.807, 2.05) is 0 Å². The summed E-state index contributed by atoms with van der Waals surface area (Å²) in [4.78, 5) is 0. The van der Waals surface area contributed by atoms with Crippen molar-refractivity contribution < 1.29 is 5.11 Å². The maximum Gasteiger partial charge on any atom is 0.0436 e. The van der Waals surface area contributed by atoms with Crippen LogP contribution in [0.1, 0.15) is 120 Å². The molecule has 0 aliphatic heterocycles. The maximum atomic E-state index is 9.13. The van der Waals surface area contributed by atoms with Crippen molar-refractivity contribution in [1.29, 1.82) is 0 Å². The van der Waals surface area contributed by atoms with Crippen molar-refractivity contribution in [3.05, 3.63) is 0 Å². The fourth-order valence-corrected chi connectivity index (χ4v) is 5.57. The minimum atomic E-state index is 0.313. The maximum absolute atomic E-state index is 9.13. The van der Waals surface area contributed by atoms with Crippen LogP contribution in [0.2, 0.25) is 0 Å². The first kappa shape index (κ1) is 23.0. The summed E-state index contributed by atoms with van der Waals surface area (Å²) in [5.41, 5.74) is 1.79. The molecule has 0 radical (unpaired) electrons. The molecule has 1 aliphatic rings. The predicted octanol–water partition coefficient (Wildman–Crippen LogP) is 7.61. The highest BCUT2D eigenvalue weighted by molar-refractivity contribution is 4.94. The highest BCUT2D eigenvalue weighted by Crippen LogP contribution is 2.54. The molecule has 0 spiro atoms. The largest absolute Gasteiger partial charge is 0.396 e. The van der Waals surface area contributed by atoms with Crippen molar-refractivity contribution >= 4 is 0 Å². The summed E-state index contributed by atoms with van der Waals surface area (Å²) in [6, 6.07) is 0. The average molecular weight is 353 g/mol. The topological polar surface area (TPSA) is 20.2 Å². The predicted molar refractivity (Wildman–Crippen MR) is 112 cm³/mol. The van der Waals surface area contributed by atoms with Crippen molar-refractivity contribution in [3.63, 3.8) is 0 Å². The van der Waals surface area contributed by atoms with Gasteiger partial charge in [0.05, 0.1) is 0 Å². The molecule has 0 unspecified atom stereocenters. The standard InChI is InChI=1S/C24H48O/c1-21(2,15-16-25)13-11-9-10-12-14-24(7,8)20-17-22(3,4)19-23(5,6)18-20/h20,25H,9-19H2,1-8H3. The van der Waals surface area contributed by atoms with Gasteiger partial charge >= 0.3 is 0 Å². The van der Waals surface area contributed by atoms with Crippen LogP contribution in [0.15, 0.2) is 0 Å². The van der Waals surface area contributed by atoms with Crippen LogP contribution in [0.25, 0.3) is 0 Å². The van der Waals surface area contributed by atoms with Crippen molar-refractivity contribution in [1.82, 2.24) is 0 Å². The summed E-state index contributed by atoms with van der Waals surface area (Å²) >= 11 is 0. The number of hydrogen-bond acceptors (Lipinski definition) is 1. The van der Waals surface area contributed by atoms with Crippen molar-refractivity contribution in [2.24, 2.45) is 27.6 Å². The third kappa shape index (κ3) is 8.46. The molecule has 1 saturated carbocycles. The van der Waals surface area contributed by atoms with Crippen LogP contribution < -0.4 is 0 Å². The van der Waals surface area contributed by atoms with Crippen molar-refractivity contribution in [3.8, 4) is 0 Å². The van der Waals surface area contributed by atoms with E-state index in [0.717, 1.165) is 12.3 Å². The minimum absolute atomic E-state index is 0.313. The fourth-order valence-electron chi connectivity index (χ4n) is 5.57. The van der Waals surface area contributed by atoms with Gasteiger partial charge < -0.3 is 5.11 Å². The Morgan fingerprint density at radius 1 is 0.760 bits per heavy atom. The van der Waals surface area contributed by atoms with Gasteiger partial charge in [0.15, 0.2) is 0 Å². The lowest BCUT2D eigenvalue weighted by molar-refractivity contribution is 0.00468. The van der Waals surface area contributed by atoms with Crippen LogP contribution in [0.3, 0.4) is 0 Å².